The molecule has 0 fully saturated rings. The largest absolute Gasteiger partial charge is 0.381 e. The van der Waals surface area contributed by atoms with Gasteiger partial charge < -0.3 is 10.2 Å². The lowest BCUT2D eigenvalue weighted by Crippen LogP contribution is -2.28. The topological polar surface area (TPSA) is 64.4 Å². The van der Waals surface area contributed by atoms with Crippen molar-refractivity contribution in [2.75, 3.05) is 6.61 Å². The Labute approximate surface area is 69.8 Å². The van der Waals surface area contributed by atoms with E-state index in [9.17, 15) is 10.1 Å². The van der Waals surface area contributed by atoms with Gasteiger partial charge in [0.15, 0.2) is 0 Å². The van der Waals surface area contributed by atoms with Gasteiger partial charge in [0.05, 0.1) is 0 Å². The maximum Gasteiger partial charge on any atom is 0.294 e. The second-order valence-corrected chi connectivity index (χ2v) is 2.51. The van der Waals surface area contributed by atoms with Crippen LogP contribution in [0.15, 0.2) is 23.9 Å². The number of hydrogen-bond donors (Lipinski definition) is 1. The Bertz CT molecular complexity index is 235. The van der Waals surface area contributed by atoms with E-state index in [4.69, 9.17) is 0 Å². The van der Waals surface area contributed by atoms with Crippen LogP contribution in [0.2, 0.25) is 0 Å². The van der Waals surface area contributed by atoms with Crippen LogP contribution >= 0.6 is 0 Å². The van der Waals surface area contributed by atoms with Crippen LogP contribution < -0.4 is 5.32 Å². The molecule has 1 atom stereocenters. The first-order chi connectivity index (χ1) is 5.68. The smallest absolute Gasteiger partial charge is 0.294 e. The zero-order chi connectivity index (χ0) is 8.97. The predicted octanol–water partition coefficient (Wildman–Crippen LogP) is 0.626. The summed E-state index contributed by atoms with van der Waals surface area (Å²) in [6.45, 7) is 1.94. The Morgan fingerprint density at radius 1 is 1.83 bits per heavy atom. The molecule has 0 amide bonds. The first-order valence-corrected chi connectivity index (χ1v) is 3.59. The van der Waals surface area contributed by atoms with Crippen molar-refractivity contribution in [2.24, 2.45) is 0 Å². The lowest BCUT2D eigenvalue weighted by Gasteiger charge is -2.16. The Hall–Kier alpha value is -1.52. The lowest BCUT2D eigenvalue weighted by molar-refractivity contribution is -0.755. The van der Waals surface area contributed by atoms with Crippen molar-refractivity contribution in [1.29, 1.82) is 0 Å². The monoisotopic (exact) mass is 170 g/mol. The van der Waals surface area contributed by atoms with Gasteiger partial charge in [-0.1, -0.05) is 12.2 Å². The van der Waals surface area contributed by atoms with Gasteiger partial charge in [0.25, 0.3) is 5.09 Å². The molecule has 1 unspecified atom stereocenters. The number of rotatable bonds is 3. The van der Waals surface area contributed by atoms with Crippen LogP contribution in [-0.2, 0) is 4.84 Å². The summed E-state index contributed by atoms with van der Waals surface area (Å²) in [6.07, 6.45) is 5.55. The van der Waals surface area contributed by atoms with Crippen molar-refractivity contribution >= 4 is 0 Å². The number of allylic oxidation sites excluding steroid dienone is 2. The predicted molar refractivity (Wildman–Crippen MR) is 42.8 cm³/mol. The highest BCUT2D eigenvalue weighted by molar-refractivity contribution is 5.19. The van der Waals surface area contributed by atoms with Gasteiger partial charge in [0.2, 0.25) is 0 Å². The van der Waals surface area contributed by atoms with Gasteiger partial charge in [0, 0.05) is 11.7 Å². The summed E-state index contributed by atoms with van der Waals surface area (Å²) in [5, 5.41) is 12.1. The zero-order valence-corrected chi connectivity index (χ0v) is 6.69. The van der Waals surface area contributed by atoms with Crippen LogP contribution in [0.3, 0.4) is 0 Å². The summed E-state index contributed by atoms with van der Waals surface area (Å²) in [5.41, 5.74) is 0.724. The van der Waals surface area contributed by atoms with E-state index >= 15 is 0 Å². The van der Waals surface area contributed by atoms with E-state index in [1.165, 1.54) is 0 Å². The summed E-state index contributed by atoms with van der Waals surface area (Å²) in [5.74, 6) is 0. The van der Waals surface area contributed by atoms with Gasteiger partial charge in [-0.15, -0.1) is 10.1 Å². The highest BCUT2D eigenvalue weighted by Gasteiger charge is 2.05. The molecule has 0 bridgehead atoms. The summed E-state index contributed by atoms with van der Waals surface area (Å²) in [4.78, 5) is 14.0. The Morgan fingerprint density at radius 2 is 2.58 bits per heavy atom. The number of hydrogen-bond acceptors (Lipinski definition) is 4. The van der Waals surface area contributed by atoms with E-state index in [2.05, 4.69) is 10.2 Å². The molecule has 0 saturated heterocycles. The molecule has 0 aromatic rings. The minimum absolute atomic E-state index is 0.0122. The minimum atomic E-state index is -0.800. The number of nitrogens with zero attached hydrogens (tertiary/aromatic N) is 1. The summed E-state index contributed by atoms with van der Waals surface area (Å²) in [6, 6.07) is 0.209. The van der Waals surface area contributed by atoms with Crippen molar-refractivity contribution < 1.29 is 9.92 Å². The van der Waals surface area contributed by atoms with Crippen LogP contribution in [-0.4, -0.2) is 17.7 Å². The first-order valence-electron chi connectivity index (χ1n) is 3.59. The summed E-state index contributed by atoms with van der Waals surface area (Å²) < 4.78 is 0. The van der Waals surface area contributed by atoms with Gasteiger partial charge in [-0.25, -0.2) is 0 Å². The second-order valence-electron chi connectivity index (χ2n) is 2.51. The van der Waals surface area contributed by atoms with E-state index in [-0.39, 0.29) is 12.6 Å². The molecular weight excluding hydrogens is 160 g/mol. The molecule has 12 heavy (non-hydrogen) atoms. The van der Waals surface area contributed by atoms with E-state index in [0.29, 0.717) is 0 Å². The molecule has 5 nitrogen and oxygen atoms in total. The van der Waals surface area contributed by atoms with E-state index in [1.54, 1.807) is 6.08 Å². The maximum absolute atomic E-state index is 9.83. The molecule has 1 aliphatic heterocycles. The molecule has 1 N–H and O–H groups in total. The standard InChI is InChI=1S/C7H10N2O3/c1-6-3-2-4-7(8-6)5-12-9(10)11/h2-4,6,8H,5H2,1H3. The molecule has 66 valence electrons. The minimum Gasteiger partial charge on any atom is -0.381 e. The van der Waals surface area contributed by atoms with Crippen LogP contribution in [0.5, 0.6) is 0 Å². The van der Waals surface area contributed by atoms with Crippen molar-refractivity contribution in [3.8, 4) is 0 Å². The highest BCUT2D eigenvalue weighted by Crippen LogP contribution is 2.01. The van der Waals surface area contributed by atoms with Gasteiger partial charge in [0.1, 0.15) is 6.61 Å². The molecule has 0 aromatic carbocycles. The Kier molecular flexibility index (Phi) is 2.68. The van der Waals surface area contributed by atoms with Crippen LogP contribution in [0.25, 0.3) is 0 Å². The van der Waals surface area contributed by atoms with Crippen molar-refractivity contribution in [1.82, 2.24) is 5.32 Å². The Morgan fingerprint density at radius 3 is 3.17 bits per heavy atom. The third-order valence-corrected chi connectivity index (χ3v) is 1.44. The third-order valence-electron chi connectivity index (χ3n) is 1.44. The van der Waals surface area contributed by atoms with Crippen molar-refractivity contribution in [3.05, 3.63) is 34.0 Å². The highest BCUT2D eigenvalue weighted by atomic mass is 16.9. The Balaban J connectivity index is 2.37. The van der Waals surface area contributed by atoms with Crippen molar-refractivity contribution in [2.45, 2.75) is 13.0 Å². The molecule has 0 radical (unpaired) electrons. The fourth-order valence-electron chi connectivity index (χ4n) is 0.939. The molecule has 0 aliphatic carbocycles. The normalized spacial score (nSPS) is 21.1. The SMILES string of the molecule is CC1C=CC=C(CO[N+](=O)[O-])N1. The molecule has 1 heterocycles. The van der Waals surface area contributed by atoms with E-state index < -0.39 is 5.09 Å². The van der Waals surface area contributed by atoms with Crippen LogP contribution in [0, 0.1) is 10.1 Å². The fraction of sp³-hybridized carbons (Fsp3) is 0.429. The van der Waals surface area contributed by atoms with Gasteiger partial charge in [-0.05, 0) is 13.0 Å². The second kappa shape index (κ2) is 3.75. The quantitative estimate of drug-likeness (QED) is 0.498. The van der Waals surface area contributed by atoms with Gasteiger partial charge in [-0.3, -0.25) is 0 Å². The fourth-order valence-corrected chi connectivity index (χ4v) is 0.939. The van der Waals surface area contributed by atoms with Gasteiger partial charge >= 0.3 is 0 Å². The molecule has 5 heteroatoms. The molecule has 0 aromatic heterocycles. The number of nitrogens with one attached hydrogen (secondary N) is 1. The van der Waals surface area contributed by atoms with Gasteiger partial charge in [-0.2, -0.15) is 0 Å². The zero-order valence-electron chi connectivity index (χ0n) is 6.69. The van der Waals surface area contributed by atoms with E-state index in [0.717, 1.165) is 5.70 Å². The maximum atomic E-state index is 9.83. The average Bonchev–Trinajstić information content (AvgIpc) is 2.01. The number of dihydropyridines is 1. The van der Waals surface area contributed by atoms with Crippen molar-refractivity contribution in [3.63, 3.8) is 0 Å². The van der Waals surface area contributed by atoms with Crippen LogP contribution in [0.1, 0.15) is 6.92 Å². The first kappa shape index (κ1) is 8.58. The molecular formula is C7H10N2O3. The molecule has 1 aliphatic rings. The average molecular weight is 170 g/mol. The molecule has 1 rings (SSSR count). The lowest BCUT2D eigenvalue weighted by atomic mass is 10.2. The third kappa shape index (κ3) is 2.61. The van der Waals surface area contributed by atoms with Crippen LogP contribution in [0.4, 0.5) is 0 Å². The van der Waals surface area contributed by atoms with E-state index in [1.807, 2.05) is 19.1 Å². The summed E-state index contributed by atoms with van der Waals surface area (Å²) >= 11 is 0. The summed E-state index contributed by atoms with van der Waals surface area (Å²) in [7, 11) is 0. The molecule has 0 saturated carbocycles. The molecule has 0 spiro atoms.